The predicted octanol–water partition coefficient (Wildman–Crippen LogP) is 2.92. The molecule has 0 atom stereocenters. The highest BCUT2D eigenvalue weighted by atomic mass is 35.5. The van der Waals surface area contributed by atoms with Crippen LogP contribution >= 0.6 is 23.2 Å². The van der Waals surface area contributed by atoms with Gasteiger partial charge in [0.25, 0.3) is 0 Å². The summed E-state index contributed by atoms with van der Waals surface area (Å²) in [5.41, 5.74) is 0. The van der Waals surface area contributed by atoms with E-state index >= 15 is 0 Å². The largest absolute Gasteiger partial charge is 0.481 e. The van der Waals surface area contributed by atoms with Gasteiger partial charge in [0.1, 0.15) is 0 Å². The Morgan fingerprint density at radius 2 is 1.76 bits per heavy atom. The van der Waals surface area contributed by atoms with E-state index < -0.39 is 16.0 Å². The Kier molecular flexibility index (Phi) is 5.14. The number of carboxylic acid groups (broad SMARTS) is 1. The average molecular weight is 352 g/mol. The van der Waals surface area contributed by atoms with Crippen LogP contribution in [0.25, 0.3) is 0 Å². The number of benzene rings is 1. The molecular formula is C13H15Cl2NO4S. The van der Waals surface area contributed by atoms with Gasteiger partial charge in [-0.05, 0) is 43.9 Å². The normalized spacial score (nSPS) is 23.0. The zero-order chi connectivity index (χ0) is 15.6. The fourth-order valence-corrected chi connectivity index (χ4v) is 4.08. The molecule has 2 rings (SSSR count). The maximum atomic E-state index is 12.3. The summed E-state index contributed by atoms with van der Waals surface area (Å²) >= 11 is 11.6. The first-order valence-electron chi connectivity index (χ1n) is 6.50. The molecule has 0 amide bonds. The summed E-state index contributed by atoms with van der Waals surface area (Å²) < 4.78 is 27.1. The molecule has 1 aromatic carbocycles. The van der Waals surface area contributed by atoms with Crippen LogP contribution in [0.1, 0.15) is 25.7 Å². The van der Waals surface area contributed by atoms with Gasteiger partial charge in [-0.3, -0.25) is 4.79 Å². The highest BCUT2D eigenvalue weighted by Crippen LogP contribution is 2.27. The maximum absolute atomic E-state index is 12.3. The Morgan fingerprint density at radius 1 is 1.14 bits per heavy atom. The summed E-state index contributed by atoms with van der Waals surface area (Å²) in [6.07, 6.45) is 1.98. The van der Waals surface area contributed by atoms with Crippen LogP contribution in [-0.2, 0) is 14.8 Å². The number of carboxylic acids is 1. The van der Waals surface area contributed by atoms with Gasteiger partial charge < -0.3 is 5.11 Å². The Balaban J connectivity index is 2.05. The van der Waals surface area contributed by atoms with Gasteiger partial charge >= 0.3 is 5.97 Å². The summed E-state index contributed by atoms with van der Waals surface area (Å²) in [4.78, 5) is 10.9. The Morgan fingerprint density at radius 3 is 2.29 bits per heavy atom. The van der Waals surface area contributed by atoms with Gasteiger partial charge in [0.05, 0.1) is 20.9 Å². The van der Waals surface area contributed by atoms with Crippen LogP contribution in [0.3, 0.4) is 0 Å². The first-order valence-corrected chi connectivity index (χ1v) is 8.73. The van der Waals surface area contributed by atoms with Crippen molar-refractivity contribution in [3.05, 3.63) is 28.2 Å². The summed E-state index contributed by atoms with van der Waals surface area (Å²) in [5, 5.41) is 9.39. The molecule has 5 nitrogen and oxygen atoms in total. The fourth-order valence-electron chi connectivity index (χ4n) is 2.39. The number of nitrogens with one attached hydrogen (secondary N) is 1. The standard InChI is InChI=1S/C13H15Cl2NO4S/c14-11-6-5-10(7-12(11)15)21(19,20)16-9-3-1-8(2-4-9)13(17)18/h5-9,16H,1-4H2,(H,17,18). The molecule has 0 heterocycles. The first kappa shape index (κ1) is 16.5. The van der Waals surface area contributed by atoms with Gasteiger partial charge in [-0.15, -0.1) is 0 Å². The molecule has 1 aliphatic rings. The molecule has 21 heavy (non-hydrogen) atoms. The molecule has 1 saturated carbocycles. The number of aliphatic carboxylic acids is 1. The van der Waals surface area contributed by atoms with Gasteiger partial charge in [0.2, 0.25) is 10.0 Å². The van der Waals surface area contributed by atoms with E-state index in [9.17, 15) is 13.2 Å². The van der Waals surface area contributed by atoms with E-state index in [2.05, 4.69) is 4.72 Å². The van der Waals surface area contributed by atoms with E-state index in [1.165, 1.54) is 18.2 Å². The molecule has 0 aliphatic heterocycles. The maximum Gasteiger partial charge on any atom is 0.306 e. The highest BCUT2D eigenvalue weighted by molar-refractivity contribution is 7.89. The molecule has 0 unspecified atom stereocenters. The first-order chi connectivity index (χ1) is 9.79. The molecule has 1 aromatic rings. The van der Waals surface area contributed by atoms with Crippen molar-refractivity contribution >= 4 is 39.2 Å². The number of carbonyl (C=O) groups is 1. The second kappa shape index (κ2) is 6.52. The third-order valence-electron chi connectivity index (χ3n) is 3.60. The molecule has 1 fully saturated rings. The third kappa shape index (κ3) is 4.10. The van der Waals surface area contributed by atoms with Crippen molar-refractivity contribution in [3.63, 3.8) is 0 Å². The Labute approximate surface area is 133 Å². The van der Waals surface area contributed by atoms with Crippen LogP contribution in [0.2, 0.25) is 10.0 Å². The van der Waals surface area contributed by atoms with E-state index in [1.54, 1.807) is 0 Å². The number of hydrogen-bond acceptors (Lipinski definition) is 3. The van der Waals surface area contributed by atoms with Crippen molar-refractivity contribution in [3.8, 4) is 0 Å². The number of hydrogen-bond donors (Lipinski definition) is 2. The average Bonchev–Trinajstić information content (AvgIpc) is 2.42. The minimum atomic E-state index is -3.68. The van der Waals surface area contributed by atoms with Crippen LogP contribution < -0.4 is 4.72 Å². The van der Waals surface area contributed by atoms with Crippen LogP contribution in [0.4, 0.5) is 0 Å². The fraction of sp³-hybridized carbons (Fsp3) is 0.462. The number of halogens is 2. The highest BCUT2D eigenvalue weighted by Gasteiger charge is 2.29. The van der Waals surface area contributed by atoms with Crippen molar-refractivity contribution in [2.45, 2.75) is 36.6 Å². The lowest BCUT2D eigenvalue weighted by atomic mass is 9.87. The van der Waals surface area contributed by atoms with Gasteiger partial charge in [-0.25, -0.2) is 13.1 Å². The van der Waals surface area contributed by atoms with E-state index in [1.807, 2.05) is 0 Å². The van der Waals surface area contributed by atoms with Gasteiger partial charge in [-0.2, -0.15) is 0 Å². The molecule has 116 valence electrons. The van der Waals surface area contributed by atoms with E-state index in [-0.39, 0.29) is 26.9 Å². The third-order valence-corrected chi connectivity index (χ3v) is 5.86. The minimum Gasteiger partial charge on any atom is -0.481 e. The lowest BCUT2D eigenvalue weighted by molar-refractivity contribution is -0.142. The summed E-state index contributed by atoms with van der Waals surface area (Å²) in [5.74, 6) is -1.20. The van der Waals surface area contributed by atoms with E-state index in [4.69, 9.17) is 28.3 Å². The van der Waals surface area contributed by atoms with Crippen LogP contribution in [0.15, 0.2) is 23.1 Å². The molecule has 0 saturated heterocycles. The van der Waals surface area contributed by atoms with Gasteiger partial charge in [-0.1, -0.05) is 23.2 Å². The lowest BCUT2D eigenvalue weighted by Crippen LogP contribution is -2.38. The second-order valence-electron chi connectivity index (χ2n) is 5.08. The monoisotopic (exact) mass is 351 g/mol. The van der Waals surface area contributed by atoms with Gasteiger partial charge in [0.15, 0.2) is 0 Å². The predicted molar refractivity (Wildman–Crippen MR) is 80.2 cm³/mol. The quantitative estimate of drug-likeness (QED) is 0.873. The molecular weight excluding hydrogens is 337 g/mol. The SMILES string of the molecule is O=C(O)C1CCC(NS(=O)(=O)c2ccc(Cl)c(Cl)c2)CC1. The summed E-state index contributed by atoms with van der Waals surface area (Å²) in [7, 11) is -3.68. The number of rotatable bonds is 4. The smallest absolute Gasteiger partial charge is 0.306 e. The van der Waals surface area contributed by atoms with Gasteiger partial charge in [0, 0.05) is 6.04 Å². The van der Waals surface area contributed by atoms with Crippen molar-refractivity contribution in [2.75, 3.05) is 0 Å². The molecule has 0 radical (unpaired) electrons. The topological polar surface area (TPSA) is 83.5 Å². The molecule has 8 heteroatoms. The molecule has 1 aliphatic carbocycles. The summed E-state index contributed by atoms with van der Waals surface area (Å²) in [6, 6.07) is 3.87. The van der Waals surface area contributed by atoms with Crippen molar-refractivity contribution < 1.29 is 18.3 Å². The van der Waals surface area contributed by atoms with Crippen LogP contribution in [0.5, 0.6) is 0 Å². The zero-order valence-electron chi connectivity index (χ0n) is 11.1. The Hall–Kier alpha value is -0.820. The van der Waals surface area contributed by atoms with E-state index in [0.717, 1.165) is 0 Å². The minimum absolute atomic E-state index is 0.0530. The zero-order valence-corrected chi connectivity index (χ0v) is 13.4. The Bertz CT molecular complexity index is 640. The second-order valence-corrected chi connectivity index (χ2v) is 7.61. The molecule has 2 N–H and O–H groups in total. The van der Waals surface area contributed by atoms with E-state index in [0.29, 0.717) is 25.7 Å². The molecule has 0 spiro atoms. The van der Waals surface area contributed by atoms with Crippen molar-refractivity contribution in [2.24, 2.45) is 5.92 Å². The van der Waals surface area contributed by atoms with Crippen LogP contribution in [0, 0.1) is 5.92 Å². The molecule has 0 bridgehead atoms. The van der Waals surface area contributed by atoms with Crippen LogP contribution in [-0.4, -0.2) is 25.5 Å². The molecule has 0 aromatic heterocycles. The van der Waals surface area contributed by atoms with Crippen molar-refractivity contribution in [1.29, 1.82) is 0 Å². The van der Waals surface area contributed by atoms with Crippen molar-refractivity contribution in [1.82, 2.24) is 4.72 Å². The summed E-state index contributed by atoms with van der Waals surface area (Å²) in [6.45, 7) is 0. The lowest BCUT2D eigenvalue weighted by Gasteiger charge is -2.26. The number of sulfonamides is 1.